The Hall–Kier alpha value is -2.30. The number of carbonyl (C=O) groups is 1. The van der Waals surface area contributed by atoms with E-state index in [-0.39, 0.29) is 11.9 Å². The van der Waals surface area contributed by atoms with Gasteiger partial charge in [0.1, 0.15) is 5.75 Å². The fourth-order valence-corrected chi connectivity index (χ4v) is 3.17. The molecule has 0 amide bonds. The molecule has 0 spiro atoms. The number of rotatable bonds is 12. The number of aliphatic imine (C=N–C) groups is 1. The fourth-order valence-electron chi connectivity index (χ4n) is 3.17. The first kappa shape index (κ1) is 22.0. The van der Waals surface area contributed by atoms with E-state index in [2.05, 4.69) is 18.8 Å². The van der Waals surface area contributed by atoms with Crippen LogP contribution >= 0.6 is 0 Å². The number of anilines is 1. The summed E-state index contributed by atoms with van der Waals surface area (Å²) in [6.07, 6.45) is 10.9. The van der Waals surface area contributed by atoms with Crippen LogP contribution in [0.1, 0.15) is 65.7 Å². The van der Waals surface area contributed by atoms with Gasteiger partial charge in [0, 0.05) is 18.0 Å². The summed E-state index contributed by atoms with van der Waals surface area (Å²) in [6, 6.07) is 7.99. The van der Waals surface area contributed by atoms with Crippen molar-refractivity contribution in [3.8, 4) is 5.75 Å². The van der Waals surface area contributed by atoms with Crippen molar-refractivity contribution >= 4 is 17.9 Å². The largest absolute Gasteiger partial charge is 0.494 e. The second kappa shape index (κ2) is 12.2. The second-order valence-corrected chi connectivity index (χ2v) is 7.15. The zero-order valence-electron chi connectivity index (χ0n) is 17.5. The van der Waals surface area contributed by atoms with E-state index in [1.807, 2.05) is 36.1 Å². The molecule has 5 nitrogen and oxygen atoms in total. The average molecular weight is 387 g/mol. The number of carbonyl (C=O) groups excluding carboxylic acids is 1. The van der Waals surface area contributed by atoms with Crippen molar-refractivity contribution in [1.29, 1.82) is 0 Å². The molecule has 0 bridgehead atoms. The molecule has 0 radical (unpaired) electrons. The fraction of sp³-hybridized carbons (Fsp3) is 0.565. The maximum absolute atomic E-state index is 12.3. The van der Waals surface area contributed by atoms with Crippen molar-refractivity contribution in [3.63, 3.8) is 0 Å². The van der Waals surface area contributed by atoms with Crippen molar-refractivity contribution in [1.82, 2.24) is 0 Å². The zero-order chi connectivity index (χ0) is 20.2. The molecule has 0 saturated heterocycles. The number of nitrogens with zero attached hydrogens (tertiary/aromatic N) is 2. The topological polar surface area (TPSA) is 51.1 Å². The number of esters is 1. The van der Waals surface area contributed by atoms with Crippen LogP contribution in [0.5, 0.6) is 5.75 Å². The molecule has 1 aromatic rings. The van der Waals surface area contributed by atoms with E-state index >= 15 is 0 Å². The molecule has 0 aliphatic carbocycles. The van der Waals surface area contributed by atoms with Gasteiger partial charge in [-0.3, -0.25) is 4.79 Å². The molecule has 1 aliphatic heterocycles. The van der Waals surface area contributed by atoms with Crippen LogP contribution in [0.15, 0.2) is 41.3 Å². The SMILES string of the molecule is CCCCCCOc1cccc(N2C=C(OC(=O)C(CC)CCC)N=CC2)c1. The monoisotopic (exact) mass is 386 g/mol. The molecule has 28 heavy (non-hydrogen) atoms. The minimum Gasteiger partial charge on any atom is -0.494 e. The Bertz CT molecular complexity index is 670. The number of unbranched alkanes of at least 4 members (excludes halogenated alkanes) is 3. The highest BCUT2D eigenvalue weighted by Gasteiger charge is 2.20. The van der Waals surface area contributed by atoms with Crippen LogP contribution in [0, 0.1) is 5.92 Å². The molecule has 1 atom stereocenters. The van der Waals surface area contributed by atoms with Crippen LogP contribution in [0.25, 0.3) is 0 Å². The lowest BCUT2D eigenvalue weighted by molar-refractivity contribution is -0.144. The van der Waals surface area contributed by atoms with Crippen molar-refractivity contribution in [2.75, 3.05) is 18.1 Å². The van der Waals surface area contributed by atoms with E-state index in [9.17, 15) is 4.79 Å². The first-order chi connectivity index (χ1) is 13.7. The minimum absolute atomic E-state index is 0.0686. The van der Waals surface area contributed by atoms with Crippen LogP contribution in [-0.4, -0.2) is 25.3 Å². The number of hydrogen-bond acceptors (Lipinski definition) is 5. The third kappa shape index (κ3) is 7.02. The second-order valence-electron chi connectivity index (χ2n) is 7.15. The molecule has 1 aliphatic rings. The van der Waals surface area contributed by atoms with Crippen LogP contribution < -0.4 is 9.64 Å². The van der Waals surface area contributed by atoms with Crippen LogP contribution in [0.4, 0.5) is 5.69 Å². The van der Waals surface area contributed by atoms with Crippen molar-refractivity contribution in [3.05, 3.63) is 36.3 Å². The lowest BCUT2D eigenvalue weighted by Crippen LogP contribution is -2.24. The normalized spacial score (nSPS) is 14.5. The molecule has 154 valence electrons. The van der Waals surface area contributed by atoms with Gasteiger partial charge in [-0.25, -0.2) is 4.99 Å². The molecule has 5 heteroatoms. The minimum atomic E-state index is -0.196. The van der Waals surface area contributed by atoms with E-state index < -0.39 is 0 Å². The van der Waals surface area contributed by atoms with Crippen molar-refractivity contribution < 1.29 is 14.3 Å². The maximum atomic E-state index is 12.3. The van der Waals surface area contributed by atoms with Crippen LogP contribution in [0.2, 0.25) is 0 Å². The van der Waals surface area contributed by atoms with Crippen LogP contribution in [-0.2, 0) is 9.53 Å². The van der Waals surface area contributed by atoms with Crippen molar-refractivity contribution in [2.45, 2.75) is 65.7 Å². The standard InChI is InChI=1S/C23H34N2O3/c1-4-7-8-9-16-27-21-13-10-12-20(17-21)25-15-14-24-22(18-25)28-23(26)19(6-3)11-5-2/h10,12-14,17-19H,4-9,11,15-16H2,1-3H3. The third-order valence-corrected chi connectivity index (χ3v) is 4.85. The van der Waals surface area contributed by atoms with Gasteiger partial charge in [0.25, 0.3) is 0 Å². The van der Waals surface area contributed by atoms with Gasteiger partial charge in [-0.15, -0.1) is 0 Å². The molecule has 1 aromatic carbocycles. The first-order valence-corrected chi connectivity index (χ1v) is 10.6. The lowest BCUT2D eigenvalue weighted by Gasteiger charge is -2.23. The smallest absolute Gasteiger partial charge is 0.315 e. The molecular formula is C23H34N2O3. The summed E-state index contributed by atoms with van der Waals surface area (Å²) in [4.78, 5) is 18.6. The molecule has 1 heterocycles. The van der Waals surface area contributed by atoms with E-state index in [1.54, 1.807) is 12.4 Å². The van der Waals surface area contributed by atoms with Gasteiger partial charge in [-0.2, -0.15) is 0 Å². The Kier molecular flexibility index (Phi) is 9.60. The van der Waals surface area contributed by atoms with Gasteiger partial charge in [-0.1, -0.05) is 52.5 Å². The van der Waals surface area contributed by atoms with Gasteiger partial charge < -0.3 is 14.4 Å². The van der Waals surface area contributed by atoms with Gasteiger partial charge in [0.05, 0.1) is 25.3 Å². The van der Waals surface area contributed by atoms with E-state index in [0.29, 0.717) is 12.4 Å². The Morgan fingerprint density at radius 1 is 1.18 bits per heavy atom. The number of ether oxygens (including phenoxy) is 2. The molecule has 0 aromatic heterocycles. The Balaban J connectivity index is 1.96. The summed E-state index contributed by atoms with van der Waals surface area (Å²) < 4.78 is 11.4. The lowest BCUT2D eigenvalue weighted by atomic mass is 10.0. The maximum Gasteiger partial charge on any atom is 0.315 e. The molecule has 1 unspecified atom stereocenters. The number of hydrogen-bond donors (Lipinski definition) is 0. The highest BCUT2D eigenvalue weighted by molar-refractivity contribution is 5.75. The predicted molar refractivity (Wildman–Crippen MR) is 115 cm³/mol. The van der Waals surface area contributed by atoms with Crippen LogP contribution in [0.3, 0.4) is 0 Å². The summed E-state index contributed by atoms with van der Waals surface area (Å²) in [5, 5.41) is 0. The molecule has 0 fully saturated rings. The third-order valence-electron chi connectivity index (χ3n) is 4.85. The summed E-state index contributed by atoms with van der Waals surface area (Å²) in [7, 11) is 0. The van der Waals surface area contributed by atoms with E-state index in [1.165, 1.54) is 19.3 Å². The number of benzene rings is 1. The van der Waals surface area contributed by atoms with Gasteiger partial charge in [-0.05, 0) is 31.4 Å². The summed E-state index contributed by atoms with van der Waals surface area (Å²) in [5.74, 6) is 0.939. The average Bonchev–Trinajstić information content (AvgIpc) is 2.72. The van der Waals surface area contributed by atoms with Gasteiger partial charge in [0.15, 0.2) is 0 Å². The summed E-state index contributed by atoms with van der Waals surface area (Å²) in [6.45, 7) is 7.67. The highest BCUT2D eigenvalue weighted by Crippen LogP contribution is 2.24. The molecule has 0 saturated carbocycles. The molecule has 0 N–H and O–H groups in total. The van der Waals surface area contributed by atoms with Crippen molar-refractivity contribution in [2.24, 2.45) is 10.9 Å². The Morgan fingerprint density at radius 3 is 2.79 bits per heavy atom. The Labute approximate surface area is 169 Å². The highest BCUT2D eigenvalue weighted by atomic mass is 16.5. The molecular weight excluding hydrogens is 352 g/mol. The first-order valence-electron chi connectivity index (χ1n) is 10.6. The summed E-state index contributed by atoms with van der Waals surface area (Å²) >= 11 is 0. The molecule has 2 rings (SSSR count). The van der Waals surface area contributed by atoms with Gasteiger partial charge in [0.2, 0.25) is 5.88 Å². The van der Waals surface area contributed by atoms with E-state index in [0.717, 1.165) is 43.7 Å². The zero-order valence-corrected chi connectivity index (χ0v) is 17.5. The predicted octanol–water partition coefficient (Wildman–Crippen LogP) is 5.70. The van der Waals surface area contributed by atoms with E-state index in [4.69, 9.17) is 9.47 Å². The quantitative estimate of drug-likeness (QED) is 0.341. The van der Waals surface area contributed by atoms with Gasteiger partial charge >= 0.3 is 5.97 Å². The Morgan fingerprint density at radius 2 is 2.04 bits per heavy atom. The summed E-state index contributed by atoms with van der Waals surface area (Å²) in [5.41, 5.74) is 0.992.